The van der Waals surface area contributed by atoms with Gasteiger partial charge in [0.15, 0.2) is 4.34 Å². The molecule has 0 radical (unpaired) electrons. The van der Waals surface area contributed by atoms with Crippen LogP contribution >= 0.6 is 23.1 Å². The molecule has 0 aliphatic carbocycles. The van der Waals surface area contributed by atoms with Crippen molar-refractivity contribution in [3.8, 4) is 0 Å². The molecule has 19 heavy (non-hydrogen) atoms. The largest absolute Gasteiger partial charge is 0.368 e. The minimum absolute atomic E-state index is 0.280. The second kappa shape index (κ2) is 7.81. The molecule has 7 heteroatoms. The lowest BCUT2D eigenvalue weighted by Crippen LogP contribution is -2.53. The van der Waals surface area contributed by atoms with Crippen molar-refractivity contribution in [3.05, 3.63) is 5.01 Å². The van der Waals surface area contributed by atoms with E-state index in [9.17, 15) is 4.79 Å². The third-order valence-corrected chi connectivity index (χ3v) is 4.92. The average molecular weight is 302 g/mol. The molecule has 3 N–H and O–H groups in total. The van der Waals surface area contributed by atoms with Crippen LogP contribution in [0, 0.1) is 6.92 Å². The Kier molecular flexibility index (Phi) is 6.74. The number of thioether (sulfide) groups is 1. The van der Waals surface area contributed by atoms with E-state index in [4.69, 9.17) is 5.73 Å². The first-order valence-corrected chi connectivity index (χ1v) is 8.26. The van der Waals surface area contributed by atoms with E-state index < -0.39 is 5.54 Å². The van der Waals surface area contributed by atoms with Gasteiger partial charge in [-0.3, -0.25) is 4.79 Å². The van der Waals surface area contributed by atoms with Crippen molar-refractivity contribution in [2.75, 3.05) is 12.3 Å². The molecule has 0 fully saturated rings. The van der Waals surface area contributed by atoms with Gasteiger partial charge in [0.25, 0.3) is 0 Å². The molecular weight excluding hydrogens is 280 g/mol. The Balaban J connectivity index is 2.34. The predicted octanol–water partition coefficient (Wildman–Crippen LogP) is 1.96. The van der Waals surface area contributed by atoms with E-state index in [0.29, 0.717) is 0 Å². The number of amides is 1. The number of nitrogens with zero attached hydrogens (tertiary/aromatic N) is 2. The Morgan fingerprint density at radius 1 is 1.53 bits per heavy atom. The maximum Gasteiger partial charge on any atom is 0.237 e. The number of carbonyl (C=O) groups is 1. The standard InChI is InChI=1S/C12H22N4OS2/c1-4-7-14-12(3,10(13)17)6-5-8-18-11-16-15-9(2)19-11/h14H,4-8H2,1-3H3,(H2,13,17). The topological polar surface area (TPSA) is 80.9 Å². The molecule has 1 unspecified atom stereocenters. The fourth-order valence-electron chi connectivity index (χ4n) is 1.62. The van der Waals surface area contributed by atoms with E-state index in [0.717, 1.165) is 40.9 Å². The van der Waals surface area contributed by atoms with Crippen LogP contribution in [0.1, 0.15) is 38.1 Å². The number of nitrogens with two attached hydrogens (primary N) is 1. The van der Waals surface area contributed by atoms with E-state index in [2.05, 4.69) is 22.4 Å². The Morgan fingerprint density at radius 2 is 2.26 bits per heavy atom. The average Bonchev–Trinajstić information content (AvgIpc) is 2.78. The van der Waals surface area contributed by atoms with Crippen molar-refractivity contribution >= 4 is 29.0 Å². The minimum Gasteiger partial charge on any atom is -0.368 e. The molecule has 0 saturated heterocycles. The van der Waals surface area contributed by atoms with Gasteiger partial charge >= 0.3 is 0 Å². The van der Waals surface area contributed by atoms with Gasteiger partial charge in [0.2, 0.25) is 5.91 Å². The normalized spacial score (nSPS) is 14.3. The highest BCUT2D eigenvalue weighted by Gasteiger charge is 2.29. The fourth-order valence-corrected chi connectivity index (χ4v) is 3.45. The van der Waals surface area contributed by atoms with E-state index >= 15 is 0 Å². The molecule has 0 bridgehead atoms. The SMILES string of the molecule is CCCNC(C)(CCCSc1nnc(C)s1)C(N)=O. The smallest absolute Gasteiger partial charge is 0.237 e. The lowest BCUT2D eigenvalue weighted by molar-refractivity contribution is -0.124. The monoisotopic (exact) mass is 302 g/mol. The van der Waals surface area contributed by atoms with Crippen LogP contribution in [0.5, 0.6) is 0 Å². The first kappa shape index (κ1) is 16.4. The van der Waals surface area contributed by atoms with Crippen LogP contribution in [0.15, 0.2) is 4.34 Å². The number of hydrogen-bond acceptors (Lipinski definition) is 6. The second-order valence-electron chi connectivity index (χ2n) is 4.66. The molecule has 1 atom stereocenters. The van der Waals surface area contributed by atoms with E-state index in [-0.39, 0.29) is 5.91 Å². The highest BCUT2D eigenvalue weighted by Crippen LogP contribution is 2.24. The fraction of sp³-hybridized carbons (Fsp3) is 0.750. The molecule has 0 aliphatic rings. The van der Waals surface area contributed by atoms with Gasteiger partial charge in [0.05, 0.1) is 5.54 Å². The predicted molar refractivity (Wildman–Crippen MR) is 80.5 cm³/mol. The summed E-state index contributed by atoms with van der Waals surface area (Å²) >= 11 is 3.28. The number of hydrogen-bond donors (Lipinski definition) is 2. The Bertz CT molecular complexity index is 410. The Labute approximate surface area is 122 Å². The summed E-state index contributed by atoms with van der Waals surface area (Å²) in [5, 5.41) is 12.3. The zero-order valence-electron chi connectivity index (χ0n) is 11.7. The van der Waals surface area contributed by atoms with Crippen LogP contribution in [0.4, 0.5) is 0 Å². The number of nitrogens with one attached hydrogen (secondary N) is 1. The second-order valence-corrected chi connectivity index (χ2v) is 7.19. The van der Waals surface area contributed by atoms with Crippen molar-refractivity contribution in [1.82, 2.24) is 15.5 Å². The molecular formula is C12H22N4OS2. The molecule has 0 aliphatic heterocycles. The summed E-state index contributed by atoms with van der Waals surface area (Å²) in [6.07, 6.45) is 2.65. The lowest BCUT2D eigenvalue weighted by Gasteiger charge is -2.27. The summed E-state index contributed by atoms with van der Waals surface area (Å²) in [7, 11) is 0. The molecule has 0 saturated carbocycles. The van der Waals surface area contributed by atoms with Gasteiger partial charge in [-0.25, -0.2) is 0 Å². The van der Waals surface area contributed by atoms with E-state index in [1.54, 1.807) is 23.1 Å². The number of aromatic nitrogens is 2. The molecule has 1 aromatic heterocycles. The molecule has 1 rings (SSSR count). The van der Waals surface area contributed by atoms with E-state index in [1.165, 1.54) is 0 Å². The molecule has 1 heterocycles. The zero-order valence-corrected chi connectivity index (χ0v) is 13.4. The molecule has 0 spiro atoms. The molecule has 1 amide bonds. The van der Waals surface area contributed by atoms with Crippen LogP contribution in [0.2, 0.25) is 0 Å². The highest BCUT2D eigenvalue weighted by atomic mass is 32.2. The van der Waals surface area contributed by atoms with Crippen LogP contribution in [-0.2, 0) is 4.79 Å². The number of rotatable bonds is 9. The summed E-state index contributed by atoms with van der Waals surface area (Å²) < 4.78 is 0.986. The lowest BCUT2D eigenvalue weighted by atomic mass is 9.95. The first-order chi connectivity index (χ1) is 8.98. The van der Waals surface area contributed by atoms with Gasteiger partial charge in [-0.1, -0.05) is 30.0 Å². The zero-order chi connectivity index (χ0) is 14.3. The van der Waals surface area contributed by atoms with Crippen molar-refractivity contribution < 1.29 is 4.79 Å². The Morgan fingerprint density at radius 3 is 2.79 bits per heavy atom. The summed E-state index contributed by atoms with van der Waals surface area (Å²) in [5.74, 6) is 0.642. The van der Waals surface area contributed by atoms with Gasteiger partial charge in [0, 0.05) is 5.75 Å². The molecule has 1 aromatic rings. The number of aryl methyl sites for hydroxylation is 1. The van der Waals surface area contributed by atoms with Gasteiger partial charge < -0.3 is 11.1 Å². The van der Waals surface area contributed by atoms with Gasteiger partial charge in [-0.2, -0.15) is 0 Å². The highest BCUT2D eigenvalue weighted by molar-refractivity contribution is 8.01. The van der Waals surface area contributed by atoms with Crippen LogP contribution in [-0.4, -0.2) is 33.9 Å². The van der Waals surface area contributed by atoms with Crippen LogP contribution in [0.25, 0.3) is 0 Å². The first-order valence-electron chi connectivity index (χ1n) is 6.46. The molecule has 108 valence electrons. The third kappa shape index (κ3) is 5.46. The molecule has 5 nitrogen and oxygen atoms in total. The van der Waals surface area contributed by atoms with Gasteiger partial charge in [-0.15, -0.1) is 10.2 Å². The van der Waals surface area contributed by atoms with Crippen molar-refractivity contribution in [1.29, 1.82) is 0 Å². The Hall–Kier alpha value is -0.660. The summed E-state index contributed by atoms with van der Waals surface area (Å²) in [5.41, 5.74) is 4.88. The van der Waals surface area contributed by atoms with Gasteiger partial charge in [-0.05, 0) is 39.7 Å². The van der Waals surface area contributed by atoms with Crippen molar-refractivity contribution in [2.45, 2.75) is 49.9 Å². The van der Waals surface area contributed by atoms with Gasteiger partial charge in [0.1, 0.15) is 5.01 Å². The summed E-state index contributed by atoms with van der Waals surface area (Å²) in [4.78, 5) is 11.5. The van der Waals surface area contributed by atoms with Crippen LogP contribution < -0.4 is 11.1 Å². The summed E-state index contributed by atoms with van der Waals surface area (Å²) in [6, 6.07) is 0. The maximum atomic E-state index is 11.5. The minimum atomic E-state index is -0.604. The van der Waals surface area contributed by atoms with Crippen LogP contribution in [0.3, 0.4) is 0 Å². The number of primary amides is 1. The quantitative estimate of drug-likeness (QED) is 0.538. The maximum absolute atomic E-state index is 11.5. The van der Waals surface area contributed by atoms with E-state index in [1.807, 2.05) is 13.8 Å². The summed E-state index contributed by atoms with van der Waals surface area (Å²) in [6.45, 7) is 6.70. The number of carbonyl (C=O) groups excluding carboxylic acids is 1. The van der Waals surface area contributed by atoms with Crippen molar-refractivity contribution in [3.63, 3.8) is 0 Å². The molecule has 0 aromatic carbocycles. The van der Waals surface area contributed by atoms with Crippen molar-refractivity contribution in [2.24, 2.45) is 5.73 Å². The third-order valence-electron chi connectivity index (χ3n) is 2.86.